The maximum Gasteiger partial charge on any atom is 0.165 e. The molecule has 6 heteroatoms. The van der Waals surface area contributed by atoms with E-state index in [9.17, 15) is 0 Å². The predicted octanol–water partition coefficient (Wildman–Crippen LogP) is 4.86. The highest BCUT2D eigenvalue weighted by Crippen LogP contribution is 2.33. The minimum Gasteiger partial charge on any atom is -0.496 e. The van der Waals surface area contributed by atoms with Crippen LogP contribution in [0.15, 0.2) is 60.8 Å². The number of fused-ring (bicyclic) bond motifs is 1. The van der Waals surface area contributed by atoms with Crippen molar-refractivity contribution in [2.45, 2.75) is 13.8 Å². The molecule has 0 amide bonds. The van der Waals surface area contributed by atoms with Crippen molar-refractivity contribution in [3.63, 3.8) is 0 Å². The molecular formula is C22H22N4O2. The van der Waals surface area contributed by atoms with E-state index < -0.39 is 0 Å². The van der Waals surface area contributed by atoms with Gasteiger partial charge in [-0.1, -0.05) is 18.2 Å². The zero-order chi connectivity index (χ0) is 19.5. The van der Waals surface area contributed by atoms with Crippen LogP contribution in [0.5, 0.6) is 11.5 Å². The molecule has 0 aliphatic rings. The molecule has 2 aromatic heterocycles. The Morgan fingerprint density at radius 1 is 1.04 bits per heavy atom. The lowest BCUT2D eigenvalue weighted by Gasteiger charge is -2.11. The van der Waals surface area contributed by atoms with Crippen LogP contribution in [0.4, 0.5) is 11.5 Å². The molecule has 0 saturated carbocycles. The highest BCUT2D eigenvalue weighted by Gasteiger charge is 2.15. The number of hydrogen-bond acceptors (Lipinski definition) is 5. The number of aromatic nitrogens is 3. The van der Waals surface area contributed by atoms with Crippen LogP contribution in [0, 0.1) is 6.92 Å². The molecule has 1 N–H and O–H groups in total. The second-order valence-corrected chi connectivity index (χ2v) is 6.36. The molecule has 0 radical (unpaired) electrons. The van der Waals surface area contributed by atoms with Gasteiger partial charge < -0.3 is 14.8 Å². The fourth-order valence-corrected chi connectivity index (χ4v) is 3.18. The molecule has 4 aromatic rings. The van der Waals surface area contributed by atoms with E-state index in [-0.39, 0.29) is 0 Å². The number of methoxy groups -OCH3 is 1. The summed E-state index contributed by atoms with van der Waals surface area (Å²) >= 11 is 0. The summed E-state index contributed by atoms with van der Waals surface area (Å²) in [7, 11) is 1.67. The smallest absolute Gasteiger partial charge is 0.165 e. The minimum atomic E-state index is 0.649. The SMILES string of the molecule is CCOc1ccc(Nc2cc(C)nc3c(-c4ccccc4OC)cnn23)cc1. The summed E-state index contributed by atoms with van der Waals surface area (Å²) in [4.78, 5) is 4.71. The van der Waals surface area contributed by atoms with Gasteiger partial charge in [-0.15, -0.1) is 0 Å². The van der Waals surface area contributed by atoms with Gasteiger partial charge in [0, 0.05) is 23.0 Å². The van der Waals surface area contributed by atoms with E-state index >= 15 is 0 Å². The minimum absolute atomic E-state index is 0.649. The van der Waals surface area contributed by atoms with Crippen LogP contribution in [0.2, 0.25) is 0 Å². The third-order valence-electron chi connectivity index (χ3n) is 4.43. The third kappa shape index (κ3) is 3.36. The molecule has 28 heavy (non-hydrogen) atoms. The van der Waals surface area contributed by atoms with Gasteiger partial charge in [-0.25, -0.2) is 4.98 Å². The van der Waals surface area contributed by atoms with Crippen molar-refractivity contribution in [1.29, 1.82) is 0 Å². The number of hydrogen-bond donors (Lipinski definition) is 1. The molecule has 0 bridgehead atoms. The Morgan fingerprint density at radius 3 is 2.57 bits per heavy atom. The first-order chi connectivity index (χ1) is 13.7. The van der Waals surface area contributed by atoms with E-state index in [1.165, 1.54) is 0 Å². The van der Waals surface area contributed by atoms with Crippen LogP contribution in [0.1, 0.15) is 12.6 Å². The van der Waals surface area contributed by atoms with Crippen LogP contribution in [-0.2, 0) is 0 Å². The molecule has 2 aromatic carbocycles. The Bertz CT molecular complexity index is 1100. The maximum absolute atomic E-state index is 5.51. The van der Waals surface area contributed by atoms with Crippen molar-refractivity contribution in [2.75, 3.05) is 19.0 Å². The molecule has 0 atom stereocenters. The lowest BCUT2D eigenvalue weighted by Crippen LogP contribution is -2.02. The zero-order valence-electron chi connectivity index (χ0n) is 16.1. The first kappa shape index (κ1) is 17.9. The lowest BCUT2D eigenvalue weighted by atomic mass is 10.1. The first-order valence-electron chi connectivity index (χ1n) is 9.18. The molecule has 0 aliphatic heterocycles. The summed E-state index contributed by atoms with van der Waals surface area (Å²) < 4.78 is 12.8. The summed E-state index contributed by atoms with van der Waals surface area (Å²) in [6, 6.07) is 17.7. The number of rotatable bonds is 6. The van der Waals surface area contributed by atoms with E-state index in [0.717, 1.165) is 45.5 Å². The average Bonchev–Trinajstić information content (AvgIpc) is 3.13. The second kappa shape index (κ2) is 7.60. The second-order valence-electron chi connectivity index (χ2n) is 6.36. The molecule has 0 fully saturated rings. The number of aryl methyl sites for hydroxylation is 1. The van der Waals surface area contributed by atoms with Gasteiger partial charge in [0.05, 0.1) is 25.5 Å². The maximum atomic E-state index is 5.51. The third-order valence-corrected chi connectivity index (χ3v) is 4.43. The van der Waals surface area contributed by atoms with Crippen molar-refractivity contribution < 1.29 is 9.47 Å². The Balaban J connectivity index is 1.75. The van der Waals surface area contributed by atoms with Crippen LogP contribution in [-0.4, -0.2) is 28.3 Å². The number of benzene rings is 2. The van der Waals surface area contributed by atoms with Gasteiger partial charge in [-0.05, 0) is 44.2 Å². The Labute approximate surface area is 163 Å². The van der Waals surface area contributed by atoms with E-state index in [1.54, 1.807) is 7.11 Å². The molecule has 142 valence electrons. The highest BCUT2D eigenvalue weighted by molar-refractivity contribution is 5.82. The summed E-state index contributed by atoms with van der Waals surface area (Å²) in [5, 5.41) is 7.99. The summed E-state index contributed by atoms with van der Waals surface area (Å²) in [6.45, 7) is 4.60. The molecular weight excluding hydrogens is 352 g/mol. The van der Waals surface area contributed by atoms with E-state index in [4.69, 9.17) is 14.5 Å². The molecule has 2 heterocycles. The largest absolute Gasteiger partial charge is 0.496 e. The average molecular weight is 374 g/mol. The van der Waals surface area contributed by atoms with E-state index in [2.05, 4.69) is 10.4 Å². The lowest BCUT2D eigenvalue weighted by molar-refractivity contribution is 0.340. The van der Waals surface area contributed by atoms with E-state index in [0.29, 0.717) is 6.61 Å². The van der Waals surface area contributed by atoms with Gasteiger partial charge in [0.25, 0.3) is 0 Å². The Kier molecular flexibility index (Phi) is 4.85. The van der Waals surface area contributed by atoms with Gasteiger partial charge in [0.15, 0.2) is 5.65 Å². The van der Waals surface area contributed by atoms with Crippen LogP contribution >= 0.6 is 0 Å². The van der Waals surface area contributed by atoms with E-state index in [1.807, 2.05) is 79.2 Å². The summed E-state index contributed by atoms with van der Waals surface area (Å²) in [5.41, 5.74) is 4.52. The van der Waals surface area contributed by atoms with Crippen molar-refractivity contribution >= 4 is 17.2 Å². The van der Waals surface area contributed by atoms with Gasteiger partial charge in [-0.3, -0.25) is 0 Å². The predicted molar refractivity (Wildman–Crippen MR) is 111 cm³/mol. The van der Waals surface area contributed by atoms with Crippen LogP contribution in [0.25, 0.3) is 16.8 Å². The summed E-state index contributed by atoms with van der Waals surface area (Å²) in [5.74, 6) is 2.48. The Morgan fingerprint density at radius 2 is 1.82 bits per heavy atom. The van der Waals surface area contributed by atoms with Crippen molar-refractivity contribution in [3.05, 3.63) is 66.5 Å². The topological polar surface area (TPSA) is 60.7 Å². The van der Waals surface area contributed by atoms with Crippen LogP contribution in [0.3, 0.4) is 0 Å². The number of para-hydroxylation sites is 1. The Hall–Kier alpha value is -3.54. The molecule has 6 nitrogen and oxygen atoms in total. The number of nitrogens with zero attached hydrogens (tertiary/aromatic N) is 3. The monoisotopic (exact) mass is 374 g/mol. The van der Waals surface area contributed by atoms with Crippen molar-refractivity contribution in [3.8, 4) is 22.6 Å². The molecule has 0 unspecified atom stereocenters. The zero-order valence-corrected chi connectivity index (χ0v) is 16.1. The quantitative estimate of drug-likeness (QED) is 0.522. The number of anilines is 2. The van der Waals surface area contributed by atoms with Crippen molar-refractivity contribution in [1.82, 2.24) is 14.6 Å². The fourth-order valence-electron chi connectivity index (χ4n) is 3.18. The van der Waals surface area contributed by atoms with Gasteiger partial charge in [0.1, 0.15) is 17.3 Å². The van der Waals surface area contributed by atoms with Crippen molar-refractivity contribution in [2.24, 2.45) is 0 Å². The highest BCUT2D eigenvalue weighted by atomic mass is 16.5. The molecule has 0 saturated heterocycles. The summed E-state index contributed by atoms with van der Waals surface area (Å²) in [6.07, 6.45) is 1.82. The number of nitrogens with one attached hydrogen (secondary N) is 1. The van der Waals surface area contributed by atoms with Gasteiger partial charge >= 0.3 is 0 Å². The normalized spacial score (nSPS) is 10.8. The molecule has 0 aliphatic carbocycles. The number of ether oxygens (including phenoxy) is 2. The molecule has 0 spiro atoms. The van der Waals surface area contributed by atoms with Gasteiger partial charge in [0.2, 0.25) is 0 Å². The molecule has 4 rings (SSSR count). The first-order valence-corrected chi connectivity index (χ1v) is 9.18. The van der Waals surface area contributed by atoms with Gasteiger partial charge in [-0.2, -0.15) is 9.61 Å². The van der Waals surface area contributed by atoms with Crippen LogP contribution < -0.4 is 14.8 Å². The fraction of sp³-hybridized carbons (Fsp3) is 0.182. The standard InChI is InChI=1S/C22H22N4O2/c1-4-28-17-11-9-16(10-12-17)25-21-13-15(2)24-22-19(14-23-26(21)22)18-7-5-6-8-20(18)27-3/h5-14,25H,4H2,1-3H3.